The number of urea groups is 1. The number of piperidine rings is 1. The summed E-state index contributed by atoms with van der Waals surface area (Å²) in [6, 6.07) is 13.6. The second-order valence-corrected chi connectivity index (χ2v) is 17.6. The van der Waals surface area contributed by atoms with E-state index in [2.05, 4.69) is 25.0 Å². The fourth-order valence-electron chi connectivity index (χ4n) is 9.14. The van der Waals surface area contributed by atoms with E-state index in [1.165, 1.54) is 41.3 Å². The van der Waals surface area contributed by atoms with Crippen molar-refractivity contribution in [3.05, 3.63) is 82.4 Å². The van der Waals surface area contributed by atoms with Crippen LogP contribution in [0, 0.1) is 28.4 Å². The highest BCUT2D eigenvalue weighted by molar-refractivity contribution is 7.98. The molecule has 62 heavy (non-hydrogen) atoms. The number of nitrogens with zero attached hydrogens (tertiary/aromatic N) is 8. The molecule has 3 aromatic carbocycles. The minimum atomic E-state index is -0.705. The number of rotatable bonds is 9. The van der Waals surface area contributed by atoms with Gasteiger partial charge in [0.1, 0.15) is 29.4 Å². The molecule has 14 nitrogen and oxygen atoms in total. The quantitative estimate of drug-likeness (QED) is 0.139. The van der Waals surface area contributed by atoms with Gasteiger partial charge in [0.05, 0.1) is 28.4 Å². The first kappa shape index (κ1) is 43.0. The number of carbonyl (C=O) groups is 2. The molecule has 1 spiro atoms. The highest BCUT2D eigenvalue weighted by atomic mass is 32.2. The maximum absolute atomic E-state index is 14.9. The Morgan fingerprint density at radius 3 is 2.53 bits per heavy atom. The van der Waals surface area contributed by atoms with Gasteiger partial charge in [-0.25, -0.2) is 27.3 Å². The smallest absolute Gasteiger partial charge is 0.329 e. The maximum Gasteiger partial charge on any atom is 0.329 e. The average Bonchev–Trinajstić information content (AvgIpc) is 3.58. The summed E-state index contributed by atoms with van der Waals surface area (Å²) in [5, 5.41) is 17.2. The first-order valence-corrected chi connectivity index (χ1v) is 21.8. The molecule has 4 fully saturated rings. The Balaban J connectivity index is 0.000000231. The monoisotopic (exact) mass is 870 g/mol. The topological polar surface area (TPSA) is 154 Å². The van der Waals surface area contributed by atoms with E-state index in [1.807, 2.05) is 24.3 Å². The van der Waals surface area contributed by atoms with Crippen LogP contribution in [0.3, 0.4) is 0 Å². The molecule has 2 saturated heterocycles. The van der Waals surface area contributed by atoms with Gasteiger partial charge in [0, 0.05) is 56.2 Å². The van der Waals surface area contributed by atoms with Gasteiger partial charge >= 0.3 is 6.03 Å². The molecular formula is C44H49F3N10O4S. The lowest BCUT2D eigenvalue weighted by Crippen LogP contribution is -2.53. The number of amides is 3. The Morgan fingerprint density at radius 2 is 1.81 bits per heavy atom. The molecule has 9 rings (SSSR count). The zero-order valence-electron chi connectivity index (χ0n) is 34.9. The number of likely N-dealkylation sites (tertiary alicyclic amines) is 1. The number of aryl methyl sites for hydroxylation is 1. The van der Waals surface area contributed by atoms with Crippen LogP contribution < -0.4 is 25.2 Å². The largest absolute Gasteiger partial charge is 0.453 e. The summed E-state index contributed by atoms with van der Waals surface area (Å²) in [6.45, 7) is 4.86. The van der Waals surface area contributed by atoms with Crippen LogP contribution in [0.25, 0.3) is 21.8 Å². The van der Waals surface area contributed by atoms with Gasteiger partial charge in [-0.3, -0.25) is 34.0 Å². The van der Waals surface area contributed by atoms with E-state index in [0.29, 0.717) is 34.2 Å². The van der Waals surface area contributed by atoms with Gasteiger partial charge < -0.3 is 9.46 Å². The van der Waals surface area contributed by atoms with E-state index in [4.69, 9.17) is 4.74 Å². The molecule has 2 aromatic heterocycles. The molecule has 0 radical (unpaired) electrons. The Kier molecular flexibility index (Phi) is 12.5. The first-order valence-electron chi connectivity index (χ1n) is 21.0. The Labute approximate surface area is 361 Å². The fraction of sp³-hybridized carbons (Fsp3) is 0.455. The van der Waals surface area contributed by atoms with Gasteiger partial charge in [0.15, 0.2) is 17.4 Å². The fourth-order valence-corrected chi connectivity index (χ4v) is 9.69. The molecule has 2 atom stereocenters. The molecule has 2 N–H and O–H groups in total. The number of benzene rings is 3. The van der Waals surface area contributed by atoms with Crippen LogP contribution in [0.5, 0.6) is 11.5 Å². The van der Waals surface area contributed by atoms with Gasteiger partial charge in [0.2, 0.25) is 5.91 Å². The van der Waals surface area contributed by atoms with Crippen molar-refractivity contribution >= 4 is 57.4 Å². The Hall–Kier alpha value is -5.64. The number of alkyl halides is 1. The molecule has 2 aliphatic carbocycles. The molecule has 2 saturated carbocycles. The number of hydrogen-bond acceptors (Lipinski definition) is 11. The number of carbonyl (C=O) groups excluding carboxylic acids is 2. The van der Waals surface area contributed by atoms with Crippen molar-refractivity contribution in [1.29, 1.82) is 5.26 Å². The van der Waals surface area contributed by atoms with Crippen LogP contribution in [-0.2, 0) is 11.8 Å². The van der Waals surface area contributed by atoms with Crippen molar-refractivity contribution < 1.29 is 27.5 Å². The Morgan fingerprint density at radius 1 is 1.03 bits per heavy atom. The molecule has 0 bridgehead atoms. The zero-order valence-corrected chi connectivity index (χ0v) is 35.7. The second-order valence-electron chi connectivity index (χ2n) is 16.6. The lowest BCUT2D eigenvalue weighted by atomic mass is 9.60. The molecule has 4 aliphatic rings. The van der Waals surface area contributed by atoms with Gasteiger partial charge in [-0.2, -0.15) is 10.4 Å². The number of nitrogens with one attached hydrogen (secondary N) is 2. The summed E-state index contributed by atoms with van der Waals surface area (Å²) < 4.78 is 57.0. The van der Waals surface area contributed by atoms with Gasteiger partial charge in [-0.05, 0) is 113 Å². The zero-order chi connectivity index (χ0) is 43.7. The van der Waals surface area contributed by atoms with Crippen LogP contribution in [0.4, 0.5) is 29.5 Å². The number of halogens is 3. The standard InChI is InChI=1S/C32H38F2N6O2S.C12H11FN4O2/c1-3-38(2)43-37-28-11-9-26(34)30(24(28)19-35)42-22-8-10-27-23(16-22)31(41)40(20-36-27)21-17-32(18-21)12-14-39(15-13-32)29-7-5-4-6-25(29)33;1-16-9-3-2-7(13)6-8(9)11(15-16)17-5-4-10(18)14-12(17)19/h8-11,16,20-21,25,29,37H,3-7,12-15,17-18H2,1-2H3;2-3,6H,4-5H2,1H3,(H,14,18,19). The molecular weight excluding hydrogens is 822 g/mol. The summed E-state index contributed by atoms with van der Waals surface area (Å²) in [4.78, 5) is 44.8. The van der Waals surface area contributed by atoms with E-state index < -0.39 is 23.8 Å². The number of anilines is 2. The highest BCUT2D eigenvalue weighted by Crippen LogP contribution is 2.55. The van der Waals surface area contributed by atoms with Crippen LogP contribution in [-0.4, -0.2) is 85.9 Å². The average molecular weight is 871 g/mol. The van der Waals surface area contributed by atoms with Crippen molar-refractivity contribution in [3.63, 3.8) is 0 Å². The number of aromatic nitrogens is 4. The third kappa shape index (κ3) is 8.70. The number of fused-ring (bicyclic) bond motifs is 2. The molecule has 5 aromatic rings. The predicted molar refractivity (Wildman–Crippen MR) is 232 cm³/mol. The first-order chi connectivity index (χ1) is 29.9. The van der Waals surface area contributed by atoms with Crippen molar-refractivity contribution in [3.8, 4) is 17.6 Å². The van der Waals surface area contributed by atoms with Gasteiger partial charge in [0.25, 0.3) is 5.56 Å². The normalized spacial score (nSPS) is 20.5. The highest BCUT2D eigenvalue weighted by Gasteiger charge is 2.48. The number of hydrogen-bond donors (Lipinski definition) is 2. The molecule has 2 aliphatic heterocycles. The van der Waals surface area contributed by atoms with Crippen LogP contribution >= 0.6 is 12.1 Å². The van der Waals surface area contributed by atoms with E-state index in [-0.39, 0.29) is 59.0 Å². The molecule has 2 unspecified atom stereocenters. The van der Waals surface area contributed by atoms with Crippen molar-refractivity contribution in [2.75, 3.05) is 42.8 Å². The summed E-state index contributed by atoms with van der Waals surface area (Å²) in [7, 11) is 3.61. The van der Waals surface area contributed by atoms with Crippen LogP contribution in [0.2, 0.25) is 0 Å². The summed E-state index contributed by atoms with van der Waals surface area (Å²) in [5.41, 5.74) is 1.76. The van der Waals surface area contributed by atoms with Crippen molar-refractivity contribution in [1.82, 2.24) is 33.9 Å². The lowest BCUT2D eigenvalue weighted by Gasteiger charge is -2.54. The SMILES string of the molecule is CCN(C)SNc1ccc(F)c(Oc2ccc3ncn(C4CC5(CCN(C6CCCCC6F)CC5)C4)c(=O)c3c2)c1C#N.Cn1nc(N2CCC(=O)NC2=O)c2cc(F)ccc21. The van der Waals surface area contributed by atoms with E-state index in [0.717, 1.165) is 70.1 Å². The third-order valence-corrected chi connectivity index (χ3v) is 13.6. The van der Waals surface area contributed by atoms with E-state index in [9.17, 15) is 32.8 Å². The Bertz CT molecular complexity index is 2600. The summed E-state index contributed by atoms with van der Waals surface area (Å²) in [6.07, 6.45) is 8.79. The van der Waals surface area contributed by atoms with Crippen LogP contribution in [0.1, 0.15) is 76.3 Å². The van der Waals surface area contributed by atoms with Crippen LogP contribution in [0.15, 0.2) is 59.7 Å². The molecule has 4 heterocycles. The number of imide groups is 1. The molecule has 18 heteroatoms. The summed E-state index contributed by atoms with van der Waals surface area (Å²) in [5.74, 6) is -0.961. The van der Waals surface area contributed by atoms with Crippen molar-refractivity contribution in [2.45, 2.75) is 83.0 Å². The van der Waals surface area contributed by atoms with Gasteiger partial charge in [-0.1, -0.05) is 19.8 Å². The molecule has 3 amide bonds. The summed E-state index contributed by atoms with van der Waals surface area (Å²) >= 11 is 1.29. The number of ether oxygens (including phenoxy) is 1. The minimum absolute atomic E-state index is 0.0389. The second kappa shape index (κ2) is 18.0. The number of nitriles is 1. The van der Waals surface area contributed by atoms with E-state index >= 15 is 0 Å². The maximum atomic E-state index is 14.9. The minimum Gasteiger partial charge on any atom is -0.453 e. The third-order valence-electron chi connectivity index (χ3n) is 12.8. The van der Waals surface area contributed by atoms with E-state index in [1.54, 1.807) is 46.9 Å². The molecule has 326 valence electrons. The predicted octanol–water partition coefficient (Wildman–Crippen LogP) is 7.98. The lowest BCUT2D eigenvalue weighted by molar-refractivity contribution is -0.120. The van der Waals surface area contributed by atoms with Gasteiger partial charge in [-0.15, -0.1) is 0 Å². The van der Waals surface area contributed by atoms with Crippen molar-refractivity contribution in [2.24, 2.45) is 12.5 Å².